The molecule has 1 aliphatic carbocycles. The van der Waals surface area contributed by atoms with Gasteiger partial charge in [0.05, 0.1) is 18.1 Å². The number of rotatable bonds is 1. The number of carbonyl (C=O) groups is 1. The Morgan fingerprint density at radius 3 is 2.77 bits per heavy atom. The Morgan fingerprint density at radius 1 is 1.69 bits per heavy atom. The van der Waals surface area contributed by atoms with Crippen LogP contribution in [0.5, 0.6) is 0 Å². The number of ketones is 1. The molecule has 1 heterocycles. The summed E-state index contributed by atoms with van der Waals surface area (Å²) in [7, 11) is 0. The molecule has 0 saturated heterocycles. The molecular weight excluding hydrogens is 166 g/mol. The fraction of sp³-hybridized carbons (Fsp3) is 0.444. The van der Waals surface area contributed by atoms with Crippen LogP contribution >= 0.6 is 0 Å². The molecule has 0 radical (unpaired) electrons. The lowest BCUT2D eigenvalue weighted by Gasteiger charge is -2.32. The van der Waals surface area contributed by atoms with E-state index in [-0.39, 0.29) is 5.78 Å². The molecule has 0 amide bonds. The first-order valence-electron chi connectivity index (χ1n) is 4.11. The molecule has 4 nitrogen and oxygen atoms in total. The van der Waals surface area contributed by atoms with Gasteiger partial charge in [-0.3, -0.25) is 4.79 Å². The number of aromatic nitrogens is 2. The molecule has 0 unspecified atom stereocenters. The van der Waals surface area contributed by atoms with E-state index in [4.69, 9.17) is 5.26 Å². The molecule has 4 heteroatoms. The second kappa shape index (κ2) is 2.43. The Labute approximate surface area is 75.6 Å². The SMILES string of the molecule is Cc1[nH]cnc1C1(C#N)CC(=O)C1. The Bertz CT molecular complexity index is 391. The van der Waals surface area contributed by atoms with Gasteiger partial charge in [-0.2, -0.15) is 5.26 Å². The number of H-pyrrole nitrogens is 1. The van der Waals surface area contributed by atoms with Crippen LogP contribution in [0.2, 0.25) is 0 Å². The number of hydrogen-bond donors (Lipinski definition) is 1. The fourth-order valence-corrected chi connectivity index (χ4v) is 1.76. The fourth-order valence-electron chi connectivity index (χ4n) is 1.76. The summed E-state index contributed by atoms with van der Waals surface area (Å²) in [5, 5.41) is 8.99. The normalized spacial score (nSPS) is 19.2. The van der Waals surface area contributed by atoms with Crippen LogP contribution < -0.4 is 0 Å². The molecule has 0 aromatic carbocycles. The first-order valence-corrected chi connectivity index (χ1v) is 4.11. The molecule has 0 bridgehead atoms. The lowest BCUT2D eigenvalue weighted by molar-refractivity contribution is -0.126. The maximum absolute atomic E-state index is 10.9. The molecule has 0 atom stereocenters. The Balaban J connectivity index is 2.41. The molecule has 13 heavy (non-hydrogen) atoms. The lowest BCUT2D eigenvalue weighted by atomic mass is 9.66. The smallest absolute Gasteiger partial charge is 0.136 e. The molecule has 2 rings (SSSR count). The summed E-state index contributed by atoms with van der Waals surface area (Å²) in [5.74, 6) is 0.143. The molecule has 0 spiro atoms. The van der Waals surface area contributed by atoms with Crippen molar-refractivity contribution in [2.45, 2.75) is 25.2 Å². The second-order valence-corrected chi connectivity index (χ2v) is 3.46. The van der Waals surface area contributed by atoms with Gasteiger partial charge in [-0.15, -0.1) is 0 Å². The lowest BCUT2D eigenvalue weighted by Crippen LogP contribution is -2.41. The number of nitrogens with zero attached hydrogens (tertiary/aromatic N) is 2. The summed E-state index contributed by atoms with van der Waals surface area (Å²) >= 11 is 0. The Hall–Kier alpha value is -1.63. The zero-order valence-electron chi connectivity index (χ0n) is 7.29. The van der Waals surface area contributed by atoms with Crippen LogP contribution in [0.25, 0.3) is 0 Å². The van der Waals surface area contributed by atoms with Crippen LogP contribution in [-0.2, 0) is 10.2 Å². The van der Waals surface area contributed by atoms with Gasteiger partial charge in [0.25, 0.3) is 0 Å². The van der Waals surface area contributed by atoms with Crippen molar-refractivity contribution in [3.63, 3.8) is 0 Å². The highest BCUT2D eigenvalue weighted by atomic mass is 16.1. The minimum atomic E-state index is -0.638. The molecule has 0 aliphatic heterocycles. The Kier molecular flexibility index (Phi) is 1.49. The molecule has 66 valence electrons. The summed E-state index contributed by atoms with van der Waals surface area (Å²) in [4.78, 5) is 17.9. The van der Waals surface area contributed by atoms with E-state index in [1.807, 2.05) is 6.92 Å². The first kappa shape index (κ1) is 7.99. The predicted molar refractivity (Wildman–Crippen MR) is 44.9 cm³/mol. The minimum absolute atomic E-state index is 0.143. The minimum Gasteiger partial charge on any atom is -0.348 e. The number of Topliss-reactive ketones (excluding diaryl/α,β-unsaturated/α-hetero) is 1. The van der Waals surface area contributed by atoms with Gasteiger partial charge in [0.1, 0.15) is 11.2 Å². The monoisotopic (exact) mass is 175 g/mol. The van der Waals surface area contributed by atoms with Gasteiger partial charge in [0.15, 0.2) is 0 Å². The summed E-state index contributed by atoms with van der Waals surface area (Å²) in [6.07, 6.45) is 2.19. The summed E-state index contributed by atoms with van der Waals surface area (Å²) in [6.45, 7) is 1.87. The van der Waals surface area contributed by atoms with Gasteiger partial charge in [-0.1, -0.05) is 0 Å². The van der Waals surface area contributed by atoms with E-state index in [1.165, 1.54) is 0 Å². The van der Waals surface area contributed by atoms with Gasteiger partial charge in [-0.25, -0.2) is 4.98 Å². The molecule has 1 aliphatic rings. The van der Waals surface area contributed by atoms with Crippen molar-refractivity contribution in [1.29, 1.82) is 5.26 Å². The van der Waals surface area contributed by atoms with Crippen LogP contribution in [0.3, 0.4) is 0 Å². The third-order valence-corrected chi connectivity index (χ3v) is 2.50. The highest BCUT2D eigenvalue weighted by Gasteiger charge is 2.47. The van der Waals surface area contributed by atoms with E-state index in [2.05, 4.69) is 16.0 Å². The molecule has 1 N–H and O–H groups in total. The van der Waals surface area contributed by atoms with Gasteiger partial charge >= 0.3 is 0 Å². The predicted octanol–water partition coefficient (Wildman–Crippen LogP) is 0.842. The third kappa shape index (κ3) is 0.970. The number of carbonyl (C=O) groups excluding carboxylic acids is 1. The number of hydrogen-bond acceptors (Lipinski definition) is 3. The van der Waals surface area contributed by atoms with E-state index >= 15 is 0 Å². The largest absolute Gasteiger partial charge is 0.348 e. The topological polar surface area (TPSA) is 69.5 Å². The average molecular weight is 175 g/mol. The van der Waals surface area contributed by atoms with Crippen molar-refractivity contribution >= 4 is 5.78 Å². The van der Waals surface area contributed by atoms with Crippen LogP contribution in [0.1, 0.15) is 24.2 Å². The summed E-state index contributed by atoms with van der Waals surface area (Å²) < 4.78 is 0. The van der Waals surface area contributed by atoms with Crippen LogP contribution in [-0.4, -0.2) is 15.8 Å². The second-order valence-electron chi connectivity index (χ2n) is 3.46. The van der Waals surface area contributed by atoms with Gasteiger partial charge in [0.2, 0.25) is 0 Å². The Morgan fingerprint density at radius 2 is 2.38 bits per heavy atom. The van der Waals surface area contributed by atoms with Crippen molar-refractivity contribution in [1.82, 2.24) is 9.97 Å². The van der Waals surface area contributed by atoms with Crippen LogP contribution in [0, 0.1) is 18.3 Å². The van der Waals surface area contributed by atoms with E-state index in [1.54, 1.807) is 6.33 Å². The van der Waals surface area contributed by atoms with Gasteiger partial charge < -0.3 is 4.98 Å². The standard InChI is InChI=1S/C9H9N3O/c1-6-8(12-5-11-6)9(4-10)2-7(13)3-9/h5H,2-3H2,1H3,(H,11,12). The number of aryl methyl sites for hydroxylation is 1. The average Bonchev–Trinajstić information content (AvgIpc) is 2.46. The molecule has 1 fully saturated rings. The van der Waals surface area contributed by atoms with Crippen molar-refractivity contribution in [3.05, 3.63) is 17.7 Å². The van der Waals surface area contributed by atoms with E-state index < -0.39 is 5.41 Å². The first-order chi connectivity index (χ1) is 6.18. The van der Waals surface area contributed by atoms with Gasteiger partial charge in [-0.05, 0) is 6.92 Å². The van der Waals surface area contributed by atoms with Gasteiger partial charge in [0, 0.05) is 18.5 Å². The van der Waals surface area contributed by atoms with Crippen molar-refractivity contribution in [2.75, 3.05) is 0 Å². The van der Waals surface area contributed by atoms with Crippen molar-refractivity contribution in [3.8, 4) is 6.07 Å². The third-order valence-electron chi connectivity index (χ3n) is 2.50. The zero-order valence-corrected chi connectivity index (χ0v) is 7.29. The van der Waals surface area contributed by atoms with Crippen molar-refractivity contribution < 1.29 is 4.79 Å². The highest BCUT2D eigenvalue weighted by molar-refractivity contribution is 5.89. The number of nitrogens with one attached hydrogen (secondary N) is 1. The number of nitriles is 1. The maximum Gasteiger partial charge on any atom is 0.136 e. The summed E-state index contributed by atoms with van der Waals surface area (Å²) in [6, 6.07) is 2.19. The maximum atomic E-state index is 10.9. The summed E-state index contributed by atoms with van der Waals surface area (Å²) in [5.41, 5.74) is 0.977. The molecule has 1 saturated carbocycles. The molecule has 1 aromatic heterocycles. The molecule has 1 aromatic rings. The quantitative estimate of drug-likeness (QED) is 0.687. The van der Waals surface area contributed by atoms with Crippen LogP contribution in [0.15, 0.2) is 6.33 Å². The molecular formula is C9H9N3O. The van der Waals surface area contributed by atoms with E-state index in [0.717, 1.165) is 11.4 Å². The number of imidazole rings is 1. The highest BCUT2D eigenvalue weighted by Crippen LogP contribution is 2.40. The number of aromatic amines is 1. The zero-order chi connectivity index (χ0) is 9.47. The van der Waals surface area contributed by atoms with Crippen LogP contribution in [0.4, 0.5) is 0 Å². The van der Waals surface area contributed by atoms with Crippen molar-refractivity contribution in [2.24, 2.45) is 0 Å². The van der Waals surface area contributed by atoms with E-state index in [0.29, 0.717) is 12.8 Å². The van der Waals surface area contributed by atoms with E-state index in [9.17, 15) is 4.79 Å².